The largest absolute Gasteiger partial charge is 0.490 e. The average Bonchev–Trinajstić information content (AvgIpc) is 2.64. The summed E-state index contributed by atoms with van der Waals surface area (Å²) in [6.07, 6.45) is 6.23. The molecule has 1 amide bonds. The van der Waals surface area contributed by atoms with E-state index < -0.39 is 0 Å². The van der Waals surface area contributed by atoms with Crippen LogP contribution in [0.5, 0.6) is 5.75 Å². The Morgan fingerprint density at radius 2 is 1.96 bits per heavy atom. The van der Waals surface area contributed by atoms with Gasteiger partial charge in [0, 0.05) is 32.0 Å². The molecule has 0 atom stereocenters. The molecule has 3 rings (SSSR count). The number of ether oxygens (including phenoxy) is 1. The van der Waals surface area contributed by atoms with Gasteiger partial charge in [-0.25, -0.2) is 0 Å². The molecule has 132 valence electrons. The van der Waals surface area contributed by atoms with Crippen molar-refractivity contribution in [1.29, 1.82) is 0 Å². The Morgan fingerprint density at radius 3 is 2.64 bits per heavy atom. The number of hydrogen-bond acceptors (Lipinski definition) is 4. The lowest BCUT2D eigenvalue weighted by atomic mass is 10.1. The third-order valence-electron chi connectivity index (χ3n) is 4.47. The third kappa shape index (κ3) is 5.57. The van der Waals surface area contributed by atoms with Crippen molar-refractivity contribution in [2.24, 2.45) is 0 Å². The summed E-state index contributed by atoms with van der Waals surface area (Å²) in [4.78, 5) is 18.3. The Hall–Kier alpha value is -2.40. The molecule has 2 heterocycles. The molecule has 0 bridgehead atoms. The van der Waals surface area contributed by atoms with Gasteiger partial charge in [-0.2, -0.15) is 0 Å². The third-order valence-corrected chi connectivity index (χ3v) is 4.47. The fraction of sp³-hybridized carbons (Fsp3) is 0.400. The van der Waals surface area contributed by atoms with Gasteiger partial charge >= 0.3 is 0 Å². The van der Waals surface area contributed by atoms with E-state index in [1.165, 1.54) is 0 Å². The number of aromatic nitrogens is 1. The van der Waals surface area contributed by atoms with Gasteiger partial charge in [0.15, 0.2) is 0 Å². The highest BCUT2D eigenvalue weighted by Crippen LogP contribution is 2.19. The number of nitrogens with one attached hydrogen (secondary N) is 1. The maximum Gasteiger partial charge on any atom is 0.224 e. The van der Waals surface area contributed by atoms with E-state index in [4.69, 9.17) is 4.74 Å². The number of hydrogen-bond donors (Lipinski definition) is 1. The summed E-state index contributed by atoms with van der Waals surface area (Å²) in [5, 5.41) is 2.94. The second-order valence-electron chi connectivity index (χ2n) is 6.58. The number of likely N-dealkylation sites (tertiary alicyclic amines) is 1. The van der Waals surface area contributed by atoms with Crippen LogP contribution in [0.15, 0.2) is 48.8 Å². The van der Waals surface area contributed by atoms with Gasteiger partial charge in [-0.05, 0) is 49.2 Å². The van der Waals surface area contributed by atoms with Crippen LogP contribution >= 0.6 is 0 Å². The van der Waals surface area contributed by atoms with Crippen LogP contribution in [0, 0.1) is 0 Å². The van der Waals surface area contributed by atoms with Crippen LogP contribution in [0.4, 0.5) is 0 Å². The van der Waals surface area contributed by atoms with Crippen LogP contribution in [-0.2, 0) is 17.8 Å². The molecule has 5 nitrogen and oxygen atoms in total. The first kappa shape index (κ1) is 17.4. The molecule has 1 aromatic carbocycles. The molecule has 1 aliphatic rings. The molecule has 1 aromatic heterocycles. The molecule has 0 spiro atoms. The summed E-state index contributed by atoms with van der Waals surface area (Å²) in [5.74, 6) is 0.902. The number of piperidine rings is 1. The SMILES string of the molecule is CN1CCC(Oc2ccc(CNC(=O)Cc3cccnc3)cc2)CC1. The standard InChI is InChI=1S/C20H25N3O2/c1-23-11-8-19(9-12-23)25-18-6-4-16(5-7-18)15-22-20(24)13-17-3-2-10-21-14-17/h2-7,10,14,19H,8-9,11-13,15H2,1H3,(H,22,24). The van der Waals surface area contributed by atoms with E-state index in [0.717, 1.165) is 42.8 Å². The van der Waals surface area contributed by atoms with E-state index in [0.29, 0.717) is 19.1 Å². The van der Waals surface area contributed by atoms with E-state index in [2.05, 4.69) is 22.2 Å². The molecule has 0 saturated carbocycles. The molecule has 1 saturated heterocycles. The van der Waals surface area contributed by atoms with Gasteiger partial charge < -0.3 is 15.0 Å². The van der Waals surface area contributed by atoms with Crippen LogP contribution in [0.1, 0.15) is 24.0 Å². The van der Waals surface area contributed by atoms with Crippen molar-refractivity contribution in [2.45, 2.75) is 31.9 Å². The highest BCUT2D eigenvalue weighted by Gasteiger charge is 2.17. The fourth-order valence-corrected chi connectivity index (χ4v) is 2.93. The number of amides is 1. The molecule has 0 aliphatic carbocycles. The number of carbonyl (C=O) groups is 1. The van der Waals surface area contributed by atoms with Crippen molar-refractivity contribution in [3.63, 3.8) is 0 Å². The topological polar surface area (TPSA) is 54.5 Å². The molecule has 2 aromatic rings. The minimum absolute atomic E-state index is 0.000322. The highest BCUT2D eigenvalue weighted by atomic mass is 16.5. The summed E-state index contributed by atoms with van der Waals surface area (Å²) in [6, 6.07) is 11.7. The van der Waals surface area contributed by atoms with Crippen LogP contribution in [-0.4, -0.2) is 42.0 Å². The summed E-state index contributed by atoms with van der Waals surface area (Å²) in [6.45, 7) is 2.70. The zero-order valence-corrected chi connectivity index (χ0v) is 14.6. The van der Waals surface area contributed by atoms with E-state index in [-0.39, 0.29) is 5.91 Å². The second kappa shape index (κ2) is 8.62. The van der Waals surface area contributed by atoms with Crippen molar-refractivity contribution in [3.8, 4) is 5.75 Å². The molecule has 1 fully saturated rings. The first-order valence-corrected chi connectivity index (χ1v) is 8.79. The van der Waals surface area contributed by atoms with Crippen molar-refractivity contribution in [1.82, 2.24) is 15.2 Å². The molecule has 25 heavy (non-hydrogen) atoms. The lowest BCUT2D eigenvalue weighted by Crippen LogP contribution is -2.35. The van der Waals surface area contributed by atoms with Gasteiger partial charge in [0.1, 0.15) is 11.9 Å². The van der Waals surface area contributed by atoms with Crippen LogP contribution in [0.2, 0.25) is 0 Å². The predicted octanol–water partition coefficient (Wildman–Crippen LogP) is 2.41. The zero-order valence-electron chi connectivity index (χ0n) is 14.6. The van der Waals surface area contributed by atoms with E-state index >= 15 is 0 Å². The molecule has 0 unspecified atom stereocenters. The first-order valence-electron chi connectivity index (χ1n) is 8.79. The monoisotopic (exact) mass is 339 g/mol. The zero-order chi connectivity index (χ0) is 17.5. The first-order chi connectivity index (χ1) is 12.2. The fourth-order valence-electron chi connectivity index (χ4n) is 2.93. The summed E-state index contributed by atoms with van der Waals surface area (Å²) in [5.41, 5.74) is 1.98. The second-order valence-corrected chi connectivity index (χ2v) is 6.58. The van der Waals surface area contributed by atoms with Crippen LogP contribution in [0.3, 0.4) is 0 Å². The maximum atomic E-state index is 12.0. The molecule has 5 heteroatoms. The van der Waals surface area contributed by atoms with Crippen LogP contribution < -0.4 is 10.1 Å². The Bertz CT molecular complexity index is 665. The van der Waals surface area contributed by atoms with E-state index in [9.17, 15) is 4.79 Å². The number of pyridine rings is 1. The Kier molecular flexibility index (Phi) is 6.01. The van der Waals surface area contributed by atoms with Gasteiger partial charge in [-0.1, -0.05) is 18.2 Å². The number of nitrogens with zero attached hydrogens (tertiary/aromatic N) is 2. The highest BCUT2D eigenvalue weighted by molar-refractivity contribution is 5.78. The lowest BCUT2D eigenvalue weighted by Gasteiger charge is -2.29. The van der Waals surface area contributed by atoms with E-state index in [1.54, 1.807) is 12.4 Å². The Labute approximate surface area is 149 Å². The lowest BCUT2D eigenvalue weighted by molar-refractivity contribution is -0.120. The number of rotatable bonds is 6. The normalized spacial score (nSPS) is 15.7. The molecule has 1 N–H and O–H groups in total. The predicted molar refractivity (Wildman–Crippen MR) is 97.4 cm³/mol. The van der Waals surface area contributed by atoms with Crippen molar-refractivity contribution >= 4 is 5.91 Å². The number of carbonyl (C=O) groups excluding carboxylic acids is 1. The maximum absolute atomic E-state index is 12.0. The van der Waals surface area contributed by atoms with Crippen LogP contribution in [0.25, 0.3) is 0 Å². The van der Waals surface area contributed by atoms with Crippen molar-refractivity contribution < 1.29 is 9.53 Å². The average molecular weight is 339 g/mol. The molecule has 1 aliphatic heterocycles. The van der Waals surface area contributed by atoms with Gasteiger partial charge in [-0.3, -0.25) is 9.78 Å². The Morgan fingerprint density at radius 1 is 1.20 bits per heavy atom. The van der Waals surface area contributed by atoms with E-state index in [1.807, 2.05) is 36.4 Å². The smallest absolute Gasteiger partial charge is 0.224 e. The quantitative estimate of drug-likeness (QED) is 0.878. The van der Waals surface area contributed by atoms with Gasteiger partial charge in [0.05, 0.1) is 6.42 Å². The van der Waals surface area contributed by atoms with Gasteiger partial charge in [0.25, 0.3) is 0 Å². The minimum atomic E-state index is -0.000322. The molecular weight excluding hydrogens is 314 g/mol. The van der Waals surface area contributed by atoms with Gasteiger partial charge in [0.2, 0.25) is 5.91 Å². The number of benzene rings is 1. The summed E-state index contributed by atoms with van der Waals surface area (Å²) < 4.78 is 6.04. The molecule has 0 radical (unpaired) electrons. The summed E-state index contributed by atoms with van der Waals surface area (Å²) in [7, 11) is 2.15. The Balaban J connectivity index is 1.43. The van der Waals surface area contributed by atoms with Gasteiger partial charge in [-0.15, -0.1) is 0 Å². The summed E-state index contributed by atoms with van der Waals surface area (Å²) >= 11 is 0. The van der Waals surface area contributed by atoms with Crippen molar-refractivity contribution in [2.75, 3.05) is 20.1 Å². The van der Waals surface area contributed by atoms with Crippen molar-refractivity contribution in [3.05, 3.63) is 59.9 Å². The minimum Gasteiger partial charge on any atom is -0.490 e. The molecular formula is C20H25N3O2.